The smallest absolute Gasteiger partial charge is 0.305 e. The first-order chi connectivity index (χ1) is 29.5. The van der Waals surface area contributed by atoms with Crippen molar-refractivity contribution in [2.75, 3.05) is 13.2 Å². The fourth-order valence-corrected chi connectivity index (χ4v) is 8.10. The predicted octanol–water partition coefficient (Wildman–Crippen LogP) is 15.9. The van der Waals surface area contributed by atoms with Gasteiger partial charge in [0.15, 0.2) is 0 Å². The van der Waals surface area contributed by atoms with Gasteiger partial charge in [-0.05, 0) is 57.8 Å². The van der Waals surface area contributed by atoms with Gasteiger partial charge in [-0.1, -0.05) is 237 Å². The van der Waals surface area contributed by atoms with Gasteiger partial charge in [0, 0.05) is 12.8 Å². The maximum atomic E-state index is 12.4. The first-order valence-corrected chi connectivity index (χ1v) is 26.6. The minimum Gasteiger partial charge on any atom is -0.466 e. The number of rotatable bonds is 49. The molecule has 6 nitrogen and oxygen atoms in total. The summed E-state index contributed by atoms with van der Waals surface area (Å²) in [6.45, 7) is 4.83. The topological polar surface area (TPSA) is 95.9 Å². The lowest BCUT2D eigenvalue weighted by atomic mass is 10.0. The Balaban J connectivity index is 3.50. The SMILES string of the molecule is CCCCCCCCCCCCC/C=C/C(O)C(CO)NC(=O)CCCCCCC/C=C\CCCCOC(=O)CCCCCCCCCCCCCCCCCCCCC. The molecule has 0 aromatic heterocycles. The quantitative estimate of drug-likeness (QED) is 0.0322. The van der Waals surface area contributed by atoms with Gasteiger partial charge in [0.25, 0.3) is 0 Å². The van der Waals surface area contributed by atoms with Crippen molar-refractivity contribution in [2.24, 2.45) is 0 Å². The fourth-order valence-electron chi connectivity index (χ4n) is 8.10. The van der Waals surface area contributed by atoms with E-state index < -0.39 is 12.1 Å². The molecule has 2 unspecified atom stereocenters. The van der Waals surface area contributed by atoms with Crippen molar-refractivity contribution in [1.29, 1.82) is 0 Å². The monoisotopic (exact) mass is 846 g/mol. The van der Waals surface area contributed by atoms with Gasteiger partial charge in [0.1, 0.15) is 0 Å². The van der Waals surface area contributed by atoms with Crippen LogP contribution in [-0.2, 0) is 14.3 Å². The molecule has 0 aromatic carbocycles. The average Bonchev–Trinajstić information content (AvgIpc) is 3.25. The van der Waals surface area contributed by atoms with E-state index in [0.717, 1.165) is 83.5 Å². The molecule has 0 aliphatic heterocycles. The van der Waals surface area contributed by atoms with Crippen LogP contribution in [0.15, 0.2) is 24.3 Å². The number of esters is 1. The molecule has 0 heterocycles. The molecular formula is C54H103NO5. The molecule has 0 saturated carbocycles. The Labute approximate surface area is 373 Å². The summed E-state index contributed by atoms with van der Waals surface area (Å²) in [7, 11) is 0. The summed E-state index contributed by atoms with van der Waals surface area (Å²) >= 11 is 0. The molecule has 2 atom stereocenters. The molecular weight excluding hydrogens is 743 g/mol. The van der Waals surface area contributed by atoms with Gasteiger partial charge in [-0.3, -0.25) is 9.59 Å². The summed E-state index contributed by atoms with van der Waals surface area (Å²) in [5.74, 6) is -0.125. The van der Waals surface area contributed by atoms with E-state index in [2.05, 4.69) is 31.3 Å². The van der Waals surface area contributed by atoms with E-state index in [4.69, 9.17) is 4.74 Å². The zero-order valence-electron chi connectivity index (χ0n) is 40.2. The van der Waals surface area contributed by atoms with Crippen molar-refractivity contribution in [3.63, 3.8) is 0 Å². The molecule has 0 fully saturated rings. The van der Waals surface area contributed by atoms with Crippen LogP contribution in [0.5, 0.6) is 0 Å². The number of allylic oxidation sites excluding steroid dienone is 3. The number of carbonyl (C=O) groups is 2. The maximum Gasteiger partial charge on any atom is 0.305 e. The molecule has 1 amide bonds. The Bertz CT molecular complexity index is 935. The van der Waals surface area contributed by atoms with Gasteiger partial charge >= 0.3 is 5.97 Å². The number of ether oxygens (including phenoxy) is 1. The average molecular weight is 846 g/mol. The minimum atomic E-state index is -0.861. The van der Waals surface area contributed by atoms with Crippen molar-refractivity contribution in [3.05, 3.63) is 24.3 Å². The van der Waals surface area contributed by atoms with Crippen molar-refractivity contribution >= 4 is 11.9 Å². The third-order valence-corrected chi connectivity index (χ3v) is 12.2. The summed E-state index contributed by atoms with van der Waals surface area (Å²) in [5, 5.41) is 23.0. The second-order valence-corrected chi connectivity index (χ2v) is 18.2. The molecule has 0 bridgehead atoms. The molecule has 354 valence electrons. The summed E-state index contributed by atoms with van der Waals surface area (Å²) in [6.07, 6.45) is 59.0. The summed E-state index contributed by atoms with van der Waals surface area (Å²) < 4.78 is 5.45. The minimum absolute atomic E-state index is 0.0286. The predicted molar refractivity (Wildman–Crippen MR) is 260 cm³/mol. The lowest BCUT2D eigenvalue weighted by Crippen LogP contribution is -2.45. The Kier molecular flexibility index (Phi) is 48.6. The lowest BCUT2D eigenvalue weighted by Gasteiger charge is -2.20. The van der Waals surface area contributed by atoms with Crippen molar-refractivity contribution < 1.29 is 24.5 Å². The zero-order chi connectivity index (χ0) is 43.7. The van der Waals surface area contributed by atoms with Crippen LogP contribution in [0.4, 0.5) is 0 Å². The highest BCUT2D eigenvalue weighted by atomic mass is 16.5. The van der Waals surface area contributed by atoms with Crippen LogP contribution in [0.3, 0.4) is 0 Å². The second-order valence-electron chi connectivity index (χ2n) is 18.2. The van der Waals surface area contributed by atoms with E-state index >= 15 is 0 Å². The molecule has 0 aliphatic rings. The Morgan fingerprint density at radius 3 is 1.18 bits per heavy atom. The molecule has 0 radical (unpaired) electrons. The van der Waals surface area contributed by atoms with E-state index in [0.29, 0.717) is 19.4 Å². The summed E-state index contributed by atoms with van der Waals surface area (Å²) in [5.41, 5.74) is 0. The number of carbonyl (C=O) groups excluding carboxylic acids is 2. The number of hydrogen-bond donors (Lipinski definition) is 3. The number of amides is 1. The number of aliphatic hydroxyl groups is 2. The normalized spacial score (nSPS) is 12.8. The molecule has 3 N–H and O–H groups in total. The molecule has 0 spiro atoms. The number of aliphatic hydroxyl groups excluding tert-OH is 2. The highest BCUT2D eigenvalue weighted by Gasteiger charge is 2.18. The van der Waals surface area contributed by atoms with Crippen molar-refractivity contribution in [3.8, 4) is 0 Å². The standard InChI is InChI=1S/C54H103NO5/c1-3-5-7-9-11-13-15-17-18-19-20-21-22-24-28-32-36-40-44-48-54(59)60-49-45-41-37-33-29-25-27-31-35-39-43-47-53(58)55-51(50-56)52(57)46-42-38-34-30-26-23-16-14-12-10-8-6-4-2/h29,33,42,46,51-52,56-57H,3-28,30-32,34-41,43-45,47-50H2,1-2H3,(H,55,58)/b33-29-,46-42+. The van der Waals surface area contributed by atoms with Crippen LogP contribution < -0.4 is 5.32 Å². The van der Waals surface area contributed by atoms with Crippen molar-refractivity contribution in [1.82, 2.24) is 5.32 Å². The third kappa shape index (κ3) is 45.9. The fraction of sp³-hybridized carbons (Fsp3) is 0.889. The molecule has 60 heavy (non-hydrogen) atoms. The van der Waals surface area contributed by atoms with E-state index in [9.17, 15) is 19.8 Å². The van der Waals surface area contributed by atoms with Gasteiger partial charge in [-0.2, -0.15) is 0 Å². The van der Waals surface area contributed by atoms with Crippen LogP contribution in [0.1, 0.15) is 284 Å². The lowest BCUT2D eigenvalue weighted by molar-refractivity contribution is -0.143. The number of unbranched alkanes of at least 4 members (excludes halogenated alkanes) is 36. The van der Waals surface area contributed by atoms with Gasteiger partial charge < -0.3 is 20.3 Å². The molecule has 0 rings (SSSR count). The van der Waals surface area contributed by atoms with Crippen LogP contribution in [0, 0.1) is 0 Å². The van der Waals surface area contributed by atoms with E-state index in [1.165, 1.54) is 173 Å². The highest BCUT2D eigenvalue weighted by molar-refractivity contribution is 5.76. The largest absolute Gasteiger partial charge is 0.466 e. The van der Waals surface area contributed by atoms with Crippen molar-refractivity contribution in [2.45, 2.75) is 296 Å². The molecule has 0 saturated heterocycles. The van der Waals surface area contributed by atoms with Gasteiger partial charge in [0.05, 0.1) is 25.4 Å². The first kappa shape index (κ1) is 58.3. The second kappa shape index (κ2) is 50.0. The molecule has 0 aromatic rings. The zero-order valence-corrected chi connectivity index (χ0v) is 40.2. The van der Waals surface area contributed by atoms with E-state index in [-0.39, 0.29) is 18.5 Å². The van der Waals surface area contributed by atoms with E-state index in [1.54, 1.807) is 6.08 Å². The van der Waals surface area contributed by atoms with E-state index in [1.807, 2.05) is 6.08 Å². The van der Waals surface area contributed by atoms with Crippen LogP contribution in [-0.4, -0.2) is 47.4 Å². The number of hydrogen-bond acceptors (Lipinski definition) is 5. The number of nitrogens with one attached hydrogen (secondary N) is 1. The van der Waals surface area contributed by atoms with Gasteiger partial charge in [0.2, 0.25) is 5.91 Å². The first-order valence-electron chi connectivity index (χ1n) is 26.6. The van der Waals surface area contributed by atoms with Crippen LogP contribution in [0.25, 0.3) is 0 Å². The Morgan fingerprint density at radius 1 is 0.450 bits per heavy atom. The Hall–Kier alpha value is -1.66. The van der Waals surface area contributed by atoms with Gasteiger partial charge in [-0.15, -0.1) is 0 Å². The van der Waals surface area contributed by atoms with Gasteiger partial charge in [-0.25, -0.2) is 0 Å². The van der Waals surface area contributed by atoms with Crippen LogP contribution >= 0.6 is 0 Å². The summed E-state index contributed by atoms with van der Waals surface area (Å²) in [4.78, 5) is 24.5. The van der Waals surface area contributed by atoms with Crippen LogP contribution in [0.2, 0.25) is 0 Å². The molecule has 0 aliphatic carbocycles. The highest BCUT2D eigenvalue weighted by Crippen LogP contribution is 2.16. The molecule has 6 heteroatoms. The third-order valence-electron chi connectivity index (χ3n) is 12.2. The Morgan fingerprint density at radius 2 is 0.783 bits per heavy atom. The summed E-state index contributed by atoms with van der Waals surface area (Å²) in [6, 6.07) is -0.647. The maximum absolute atomic E-state index is 12.4.